The molecule has 2 aromatic carbocycles. The summed E-state index contributed by atoms with van der Waals surface area (Å²) in [5.74, 6) is -0.193. The summed E-state index contributed by atoms with van der Waals surface area (Å²) >= 11 is 0. The normalized spacial score (nSPS) is 17.3. The van der Waals surface area contributed by atoms with Crippen LogP contribution in [0, 0.1) is 0 Å². The van der Waals surface area contributed by atoms with Gasteiger partial charge in [0, 0.05) is 43.0 Å². The van der Waals surface area contributed by atoms with Gasteiger partial charge in [0.15, 0.2) is 0 Å². The lowest BCUT2D eigenvalue weighted by Crippen LogP contribution is -2.53. The highest BCUT2D eigenvalue weighted by Gasteiger charge is 2.39. The first kappa shape index (κ1) is 31.2. The number of anilines is 2. The minimum Gasteiger partial charge on any atom is -0.384 e. The van der Waals surface area contributed by atoms with E-state index in [9.17, 15) is 44.6 Å². The Bertz CT molecular complexity index is 1680. The number of imidazole rings is 1. The van der Waals surface area contributed by atoms with E-state index >= 15 is 0 Å². The van der Waals surface area contributed by atoms with Crippen LogP contribution in [0.15, 0.2) is 61.3 Å². The molecule has 0 radical (unpaired) electrons. The van der Waals surface area contributed by atoms with E-state index in [1.54, 1.807) is 11.8 Å². The number of hydrogen-bond acceptors (Lipinski definition) is 5. The number of pyridine rings is 1. The fourth-order valence-electron chi connectivity index (χ4n) is 5.16. The van der Waals surface area contributed by atoms with Crippen LogP contribution in [-0.2, 0) is 18.5 Å². The molecule has 6 nitrogen and oxygen atoms in total. The number of halogens is 9. The number of alkyl halides is 9. The van der Waals surface area contributed by atoms with Crippen molar-refractivity contribution in [2.45, 2.75) is 37.6 Å². The van der Waals surface area contributed by atoms with Gasteiger partial charge in [0.2, 0.25) is 5.95 Å². The Morgan fingerprint density at radius 3 is 2.16 bits per heavy atom. The summed E-state index contributed by atoms with van der Waals surface area (Å²) in [6, 6.07) is 5.65. The number of H-pyrrole nitrogens is 1. The van der Waals surface area contributed by atoms with Gasteiger partial charge in [-0.15, -0.1) is 6.58 Å². The Hall–Kier alpha value is -4.27. The maximum Gasteiger partial charge on any atom is 0.419 e. The maximum atomic E-state index is 13.9. The van der Waals surface area contributed by atoms with E-state index < -0.39 is 47.4 Å². The van der Waals surface area contributed by atoms with Crippen molar-refractivity contribution in [3.05, 3.63) is 83.6 Å². The Labute approximate surface area is 244 Å². The van der Waals surface area contributed by atoms with Crippen LogP contribution < -0.4 is 9.80 Å². The number of fused-ring (bicyclic) bond motifs is 1. The summed E-state index contributed by atoms with van der Waals surface area (Å²) in [6.45, 7) is 5.26. The highest BCUT2D eigenvalue weighted by Crippen LogP contribution is 2.40. The molecule has 44 heavy (non-hydrogen) atoms. The number of nitrogens with one attached hydrogen (secondary N) is 1. The summed E-state index contributed by atoms with van der Waals surface area (Å²) in [5, 5.41) is 9.92. The Balaban J connectivity index is 1.49. The van der Waals surface area contributed by atoms with Crippen molar-refractivity contribution in [3.8, 4) is 11.1 Å². The lowest BCUT2D eigenvalue weighted by molar-refractivity contribution is -0.138. The second-order valence-electron chi connectivity index (χ2n) is 10.4. The average molecular weight is 630 g/mol. The van der Waals surface area contributed by atoms with Crippen LogP contribution in [0.3, 0.4) is 0 Å². The molecule has 2 atom stereocenters. The zero-order valence-electron chi connectivity index (χ0n) is 22.8. The van der Waals surface area contributed by atoms with Crippen LogP contribution in [0.5, 0.6) is 0 Å². The second-order valence-corrected chi connectivity index (χ2v) is 10.4. The number of nitrogens with zero attached hydrogens (tertiary/aromatic N) is 4. The van der Waals surface area contributed by atoms with Gasteiger partial charge in [-0.3, -0.25) is 0 Å². The molecule has 0 amide bonds. The van der Waals surface area contributed by atoms with Gasteiger partial charge >= 0.3 is 18.5 Å². The number of hydrogen-bond donors (Lipinski definition) is 2. The molecule has 1 aliphatic heterocycles. The monoisotopic (exact) mass is 629 g/mol. The van der Waals surface area contributed by atoms with Crippen LogP contribution in [0.25, 0.3) is 22.2 Å². The topological polar surface area (TPSA) is 68.3 Å². The van der Waals surface area contributed by atoms with Crippen molar-refractivity contribution in [3.63, 3.8) is 0 Å². The van der Waals surface area contributed by atoms with Crippen molar-refractivity contribution >= 4 is 22.8 Å². The van der Waals surface area contributed by atoms with E-state index in [2.05, 4.69) is 21.5 Å². The maximum absolute atomic E-state index is 13.9. The van der Waals surface area contributed by atoms with E-state index in [1.807, 2.05) is 0 Å². The lowest BCUT2D eigenvalue weighted by Gasteiger charge is -2.41. The number of benzene rings is 2. The highest BCUT2D eigenvalue weighted by atomic mass is 19.4. The summed E-state index contributed by atoms with van der Waals surface area (Å²) in [6.07, 6.45) is -13.3. The van der Waals surface area contributed by atoms with Gasteiger partial charge in [0.25, 0.3) is 0 Å². The van der Waals surface area contributed by atoms with Crippen LogP contribution >= 0.6 is 0 Å². The van der Waals surface area contributed by atoms with E-state index in [0.29, 0.717) is 0 Å². The third kappa shape index (κ3) is 6.05. The van der Waals surface area contributed by atoms with Gasteiger partial charge in [-0.25, -0.2) is 9.97 Å². The van der Waals surface area contributed by atoms with Gasteiger partial charge in [-0.05, 0) is 42.8 Å². The zero-order valence-corrected chi connectivity index (χ0v) is 22.8. The molecule has 0 bridgehead atoms. The molecule has 2 N–H and O–H groups in total. The number of aliphatic hydroxyl groups excluding tert-OH is 1. The molecule has 0 spiro atoms. The molecule has 1 aliphatic rings. The largest absolute Gasteiger partial charge is 0.419 e. The quantitative estimate of drug-likeness (QED) is 0.176. The molecule has 1 fully saturated rings. The Morgan fingerprint density at radius 1 is 0.932 bits per heavy atom. The van der Waals surface area contributed by atoms with E-state index in [4.69, 9.17) is 0 Å². The van der Waals surface area contributed by atoms with Gasteiger partial charge in [-0.2, -0.15) is 39.5 Å². The van der Waals surface area contributed by atoms with Crippen molar-refractivity contribution in [1.29, 1.82) is 0 Å². The molecule has 234 valence electrons. The van der Waals surface area contributed by atoms with Crippen LogP contribution in [0.4, 0.5) is 51.3 Å². The van der Waals surface area contributed by atoms with E-state index in [1.165, 1.54) is 4.90 Å². The first-order valence-electron chi connectivity index (χ1n) is 13.2. The first-order chi connectivity index (χ1) is 20.5. The molecule has 5 rings (SSSR count). The van der Waals surface area contributed by atoms with Crippen LogP contribution in [0.2, 0.25) is 0 Å². The van der Waals surface area contributed by atoms with Gasteiger partial charge in [0.1, 0.15) is 5.82 Å². The zero-order chi connectivity index (χ0) is 32.2. The van der Waals surface area contributed by atoms with Crippen LogP contribution in [-0.4, -0.2) is 45.7 Å². The first-order valence-corrected chi connectivity index (χ1v) is 13.2. The van der Waals surface area contributed by atoms with Crippen molar-refractivity contribution in [2.24, 2.45) is 0 Å². The number of aliphatic hydroxyl groups is 1. The minimum absolute atomic E-state index is 0.0191. The Morgan fingerprint density at radius 2 is 1.59 bits per heavy atom. The van der Waals surface area contributed by atoms with Crippen molar-refractivity contribution in [1.82, 2.24) is 15.0 Å². The summed E-state index contributed by atoms with van der Waals surface area (Å²) in [7, 11) is 0. The van der Waals surface area contributed by atoms with Crippen molar-refractivity contribution in [2.75, 3.05) is 29.4 Å². The molecule has 0 unspecified atom stereocenters. The average Bonchev–Trinajstić information content (AvgIpc) is 3.38. The van der Waals surface area contributed by atoms with Crippen molar-refractivity contribution < 1.29 is 44.6 Å². The standard InChI is InChI=1S/C29H24F9N5O/c1-3-23(44)17-10-21(29(36,37)38)25(39-13-17)42-8-9-43(15(2)14-42)26-40-22-12-19(28(33,34)35)11-20(24(22)41-26)16-4-6-18(7-5-16)27(30,31)32/h3-7,10-13,15,23,44H,1,8-9,14H2,2H3,(H,40,41)/t15-,23-/m1/s1. The van der Waals surface area contributed by atoms with E-state index in [0.717, 1.165) is 54.7 Å². The number of aromatic amines is 1. The van der Waals surface area contributed by atoms with Gasteiger partial charge in [0.05, 0.1) is 33.8 Å². The predicted molar refractivity (Wildman–Crippen MR) is 145 cm³/mol. The fraction of sp³-hybridized carbons (Fsp3) is 0.310. The number of piperazine rings is 1. The summed E-state index contributed by atoms with van der Waals surface area (Å²) in [4.78, 5) is 14.4. The molecular weight excluding hydrogens is 605 g/mol. The molecule has 0 saturated carbocycles. The van der Waals surface area contributed by atoms with Crippen LogP contribution in [0.1, 0.15) is 35.3 Å². The number of aromatic nitrogens is 3. The number of rotatable bonds is 5. The third-order valence-corrected chi connectivity index (χ3v) is 7.39. The molecule has 4 aromatic rings. The minimum atomic E-state index is -4.77. The second kappa shape index (κ2) is 11.0. The highest BCUT2D eigenvalue weighted by molar-refractivity contribution is 5.94. The molecular formula is C29H24F9N5O. The fourth-order valence-corrected chi connectivity index (χ4v) is 5.16. The van der Waals surface area contributed by atoms with Gasteiger partial charge < -0.3 is 19.9 Å². The predicted octanol–water partition coefficient (Wildman–Crippen LogP) is 7.62. The molecule has 1 saturated heterocycles. The summed E-state index contributed by atoms with van der Waals surface area (Å²) < 4.78 is 122. The summed E-state index contributed by atoms with van der Waals surface area (Å²) in [5.41, 5.74) is -2.99. The SMILES string of the molecule is C=C[C@@H](O)c1cnc(N2CCN(c3nc4cc(C(F)(F)F)cc(-c5ccc(C(F)(F)F)cc5)c4[nH]3)[C@H](C)C2)c(C(F)(F)F)c1. The lowest BCUT2D eigenvalue weighted by atomic mass is 9.99. The molecule has 2 aromatic heterocycles. The Kier molecular flexibility index (Phi) is 7.81. The third-order valence-electron chi connectivity index (χ3n) is 7.39. The molecule has 0 aliphatic carbocycles. The smallest absolute Gasteiger partial charge is 0.384 e. The molecule has 15 heteroatoms. The molecule has 3 heterocycles. The van der Waals surface area contributed by atoms with Gasteiger partial charge in [-0.1, -0.05) is 18.2 Å². The van der Waals surface area contributed by atoms with E-state index in [-0.39, 0.29) is 59.1 Å².